The Kier molecular flexibility index (Phi) is 3.01. The molecule has 14 heavy (non-hydrogen) atoms. The number of aliphatic carboxylic acids is 1. The Labute approximate surface area is 86.3 Å². The minimum atomic E-state index is -1.54. The van der Waals surface area contributed by atoms with Crippen LogP contribution in [0.25, 0.3) is 0 Å². The van der Waals surface area contributed by atoms with E-state index in [-0.39, 0.29) is 18.8 Å². The highest BCUT2D eigenvalue weighted by Crippen LogP contribution is 2.29. The van der Waals surface area contributed by atoms with E-state index in [1.807, 2.05) is 0 Å². The van der Waals surface area contributed by atoms with Crippen molar-refractivity contribution in [3.05, 3.63) is 0 Å². The van der Waals surface area contributed by atoms with Crippen molar-refractivity contribution in [3.63, 3.8) is 0 Å². The molecule has 1 amide bonds. The lowest BCUT2D eigenvalue weighted by molar-refractivity contribution is -0.159. The van der Waals surface area contributed by atoms with Crippen LogP contribution in [0.1, 0.15) is 13.3 Å². The van der Waals surface area contributed by atoms with Crippen LogP contribution in [-0.2, 0) is 9.59 Å². The number of carboxylic acid groups (broad SMARTS) is 1. The van der Waals surface area contributed by atoms with Crippen molar-refractivity contribution in [1.82, 2.24) is 4.90 Å². The summed E-state index contributed by atoms with van der Waals surface area (Å²) in [5.41, 5.74) is -1.54. The molecule has 0 aromatic rings. The smallest absolute Gasteiger partial charge is 0.332 e. The van der Waals surface area contributed by atoms with Gasteiger partial charge in [0.05, 0.1) is 6.10 Å². The highest BCUT2D eigenvalue weighted by Gasteiger charge is 2.52. The van der Waals surface area contributed by atoms with Gasteiger partial charge in [0.25, 0.3) is 0 Å². The Hall–Kier alpha value is -0.810. The number of amides is 1. The van der Waals surface area contributed by atoms with Gasteiger partial charge in [0, 0.05) is 6.54 Å². The summed E-state index contributed by atoms with van der Waals surface area (Å²) in [5.74, 6) is -1.94. The highest BCUT2D eigenvalue weighted by molar-refractivity contribution is 6.27. The number of rotatable bonds is 2. The molecule has 2 atom stereocenters. The van der Waals surface area contributed by atoms with Gasteiger partial charge in [-0.1, -0.05) is 0 Å². The summed E-state index contributed by atoms with van der Waals surface area (Å²) in [4.78, 5) is 23.4. The number of aliphatic hydroxyl groups excluding tert-OH is 1. The molecule has 1 saturated heterocycles. The molecule has 1 heterocycles. The topological polar surface area (TPSA) is 77.8 Å². The number of aliphatic hydroxyl groups is 1. The lowest BCUT2D eigenvalue weighted by atomic mass is 9.96. The number of carbonyl (C=O) groups is 2. The fourth-order valence-electron chi connectivity index (χ4n) is 1.66. The van der Waals surface area contributed by atoms with E-state index < -0.39 is 23.5 Å². The van der Waals surface area contributed by atoms with Crippen molar-refractivity contribution in [3.8, 4) is 0 Å². The Morgan fingerprint density at radius 3 is 2.64 bits per heavy atom. The molecule has 1 fully saturated rings. The maximum Gasteiger partial charge on any atom is 0.332 e. The molecule has 5 nitrogen and oxygen atoms in total. The van der Waals surface area contributed by atoms with E-state index in [1.54, 1.807) is 0 Å². The summed E-state index contributed by atoms with van der Waals surface area (Å²) < 4.78 is 0. The van der Waals surface area contributed by atoms with Gasteiger partial charge >= 0.3 is 5.97 Å². The van der Waals surface area contributed by atoms with E-state index in [4.69, 9.17) is 16.7 Å². The maximum atomic E-state index is 11.3. The van der Waals surface area contributed by atoms with Crippen molar-refractivity contribution in [2.45, 2.75) is 25.0 Å². The van der Waals surface area contributed by atoms with E-state index >= 15 is 0 Å². The van der Waals surface area contributed by atoms with E-state index in [0.717, 1.165) is 4.90 Å². The fraction of sp³-hybridized carbons (Fsp3) is 0.750. The molecular weight excluding hydrogens is 210 g/mol. The summed E-state index contributed by atoms with van der Waals surface area (Å²) in [7, 11) is 0. The zero-order valence-corrected chi connectivity index (χ0v) is 8.49. The normalized spacial score (nSPS) is 31.9. The van der Waals surface area contributed by atoms with Crippen LogP contribution in [0.2, 0.25) is 0 Å². The van der Waals surface area contributed by atoms with Crippen LogP contribution in [0.15, 0.2) is 0 Å². The summed E-state index contributed by atoms with van der Waals surface area (Å²) in [6, 6.07) is 0. The zero-order chi connectivity index (χ0) is 10.9. The van der Waals surface area contributed by atoms with E-state index in [2.05, 4.69) is 0 Å². The van der Waals surface area contributed by atoms with Gasteiger partial charge in [-0.25, -0.2) is 4.79 Å². The lowest BCUT2D eigenvalue weighted by Gasteiger charge is -2.32. The molecule has 2 N–H and O–H groups in total. The summed E-state index contributed by atoms with van der Waals surface area (Å²) in [6.45, 7) is 1.56. The van der Waals surface area contributed by atoms with Crippen LogP contribution in [0.5, 0.6) is 0 Å². The van der Waals surface area contributed by atoms with Gasteiger partial charge in [-0.05, 0) is 13.3 Å². The van der Waals surface area contributed by atoms with Crippen LogP contribution in [0, 0.1) is 0 Å². The summed E-state index contributed by atoms with van der Waals surface area (Å²) in [6.07, 6.45) is -0.766. The van der Waals surface area contributed by atoms with Gasteiger partial charge in [0.15, 0.2) is 5.54 Å². The first-order valence-corrected chi connectivity index (χ1v) is 4.76. The number of halogens is 1. The van der Waals surface area contributed by atoms with Gasteiger partial charge in [0.1, 0.15) is 5.88 Å². The fourth-order valence-corrected chi connectivity index (χ4v) is 1.80. The van der Waals surface area contributed by atoms with Gasteiger partial charge in [-0.15, -0.1) is 11.6 Å². The van der Waals surface area contributed by atoms with Crippen molar-refractivity contribution >= 4 is 23.5 Å². The number of hydrogen-bond acceptors (Lipinski definition) is 3. The SMILES string of the molecule is C[C@@]1(C(=O)O)[C@@H](O)CCN1C(=O)CCl. The van der Waals surface area contributed by atoms with Crippen LogP contribution >= 0.6 is 11.6 Å². The van der Waals surface area contributed by atoms with Crippen LogP contribution in [-0.4, -0.2) is 51.1 Å². The molecule has 6 heteroatoms. The second-order valence-corrected chi connectivity index (χ2v) is 3.70. The van der Waals surface area contributed by atoms with Crippen molar-refractivity contribution in [2.24, 2.45) is 0 Å². The number of nitrogens with zero attached hydrogens (tertiary/aromatic N) is 1. The van der Waals surface area contributed by atoms with Crippen LogP contribution in [0.4, 0.5) is 0 Å². The van der Waals surface area contributed by atoms with Gasteiger partial charge in [0.2, 0.25) is 5.91 Å². The molecule has 1 aliphatic rings. The highest BCUT2D eigenvalue weighted by atomic mass is 35.5. The second-order valence-electron chi connectivity index (χ2n) is 3.44. The molecule has 80 valence electrons. The maximum absolute atomic E-state index is 11.3. The molecule has 0 saturated carbocycles. The third-order valence-electron chi connectivity index (χ3n) is 2.68. The average Bonchev–Trinajstić information content (AvgIpc) is 2.44. The number of hydrogen-bond donors (Lipinski definition) is 2. The third kappa shape index (κ3) is 1.46. The van der Waals surface area contributed by atoms with Gasteiger partial charge in [-0.2, -0.15) is 0 Å². The molecule has 0 aromatic carbocycles. The zero-order valence-electron chi connectivity index (χ0n) is 7.73. The molecule has 0 aliphatic carbocycles. The van der Waals surface area contributed by atoms with Crippen molar-refractivity contribution in [1.29, 1.82) is 0 Å². The molecule has 0 aromatic heterocycles. The molecular formula is C8H12ClNO4. The number of carbonyl (C=O) groups excluding carboxylic acids is 1. The van der Waals surface area contributed by atoms with Crippen LogP contribution in [0.3, 0.4) is 0 Å². The first-order chi connectivity index (χ1) is 6.44. The molecule has 1 aliphatic heterocycles. The standard InChI is InChI=1S/C8H12ClNO4/c1-8(7(13)14)5(11)2-3-10(8)6(12)4-9/h5,11H,2-4H2,1H3,(H,13,14)/t5-,8-/m0/s1. The predicted molar refractivity (Wildman–Crippen MR) is 49.1 cm³/mol. The molecule has 0 unspecified atom stereocenters. The Balaban J connectivity index is 2.98. The molecule has 0 radical (unpaired) electrons. The number of likely N-dealkylation sites (tertiary alicyclic amines) is 1. The van der Waals surface area contributed by atoms with E-state index in [0.29, 0.717) is 0 Å². The number of carboxylic acids is 1. The average molecular weight is 222 g/mol. The van der Waals surface area contributed by atoms with E-state index in [1.165, 1.54) is 6.92 Å². The first kappa shape index (κ1) is 11.3. The molecule has 1 rings (SSSR count). The summed E-state index contributed by atoms with van der Waals surface area (Å²) in [5, 5.41) is 18.5. The number of alkyl halides is 1. The first-order valence-electron chi connectivity index (χ1n) is 4.22. The molecule has 0 bridgehead atoms. The Morgan fingerprint density at radius 2 is 2.21 bits per heavy atom. The minimum absolute atomic E-state index is 0.232. The summed E-state index contributed by atoms with van der Waals surface area (Å²) >= 11 is 5.35. The second kappa shape index (κ2) is 3.74. The van der Waals surface area contributed by atoms with Gasteiger partial charge in [-0.3, -0.25) is 4.79 Å². The molecule has 0 spiro atoms. The largest absolute Gasteiger partial charge is 0.479 e. The minimum Gasteiger partial charge on any atom is -0.479 e. The quantitative estimate of drug-likeness (QED) is 0.626. The predicted octanol–water partition coefficient (Wildman–Crippen LogP) is -0.338. The van der Waals surface area contributed by atoms with Crippen LogP contribution < -0.4 is 0 Å². The van der Waals surface area contributed by atoms with Crippen molar-refractivity contribution < 1.29 is 19.8 Å². The lowest BCUT2D eigenvalue weighted by Crippen LogP contribution is -2.56. The van der Waals surface area contributed by atoms with E-state index in [9.17, 15) is 14.7 Å². The third-order valence-corrected chi connectivity index (χ3v) is 2.91. The Bertz CT molecular complexity index is 270. The van der Waals surface area contributed by atoms with Crippen molar-refractivity contribution in [2.75, 3.05) is 12.4 Å². The van der Waals surface area contributed by atoms with Gasteiger partial charge < -0.3 is 15.1 Å². The monoisotopic (exact) mass is 221 g/mol. The Morgan fingerprint density at radius 1 is 1.64 bits per heavy atom.